The predicted octanol–water partition coefficient (Wildman–Crippen LogP) is 4.32. The van der Waals surface area contributed by atoms with Crippen molar-refractivity contribution in [1.82, 2.24) is 9.80 Å². The molecule has 0 unspecified atom stereocenters. The summed E-state index contributed by atoms with van der Waals surface area (Å²) in [5.41, 5.74) is 0.433. The highest BCUT2D eigenvalue weighted by Gasteiger charge is 2.50. The molecule has 2 aliphatic heterocycles. The van der Waals surface area contributed by atoms with E-state index in [0.29, 0.717) is 24.1 Å². The minimum atomic E-state index is -1.68. The Morgan fingerprint density at radius 2 is 1.41 bits per heavy atom. The molecule has 176 valence electrons. The molecule has 6 heteroatoms. The second-order valence-electron chi connectivity index (χ2n) is 9.32. The zero-order chi connectivity index (χ0) is 23.7. The van der Waals surface area contributed by atoms with Crippen LogP contribution >= 0.6 is 0 Å². The number of nitrogens with zero attached hydrogens (tertiary/aromatic N) is 2. The Morgan fingerprint density at radius 3 is 2.00 bits per heavy atom. The first-order valence-corrected chi connectivity index (χ1v) is 11.8. The Bertz CT molecular complexity index is 1090. The van der Waals surface area contributed by atoms with Gasteiger partial charge in [-0.15, -0.1) is 0 Å². The van der Waals surface area contributed by atoms with Crippen LogP contribution in [0.5, 0.6) is 0 Å². The summed E-state index contributed by atoms with van der Waals surface area (Å²) in [4.78, 5) is 18.0. The fraction of sp³-hybridized carbons (Fsp3) is 0.321. The molecule has 2 fully saturated rings. The fourth-order valence-electron chi connectivity index (χ4n) is 5.49. The van der Waals surface area contributed by atoms with Crippen LogP contribution in [0.1, 0.15) is 29.5 Å². The number of hydrogen-bond donors (Lipinski definition) is 1. The lowest BCUT2D eigenvalue weighted by atomic mass is 9.71. The molecule has 0 spiro atoms. The molecule has 0 saturated carbocycles. The fourth-order valence-corrected chi connectivity index (χ4v) is 5.49. The number of benzene rings is 3. The Balaban J connectivity index is 1.40. The number of carbonyl (C=O) groups excluding carboxylic acids is 1. The molecule has 4 nitrogen and oxygen atoms in total. The van der Waals surface area contributed by atoms with E-state index in [-0.39, 0.29) is 11.9 Å². The minimum Gasteiger partial charge on any atom is -0.380 e. The van der Waals surface area contributed by atoms with Crippen LogP contribution in [0.3, 0.4) is 0 Å². The first-order chi connectivity index (χ1) is 16.4. The maximum absolute atomic E-state index is 13.8. The molecule has 2 heterocycles. The molecule has 3 aromatic carbocycles. The number of hydrogen-bond acceptors (Lipinski definition) is 3. The number of amides is 1. The lowest BCUT2D eigenvalue weighted by Gasteiger charge is -2.49. The second kappa shape index (κ2) is 9.28. The third-order valence-electron chi connectivity index (χ3n) is 7.26. The first-order valence-electron chi connectivity index (χ1n) is 11.8. The molecule has 34 heavy (non-hydrogen) atoms. The highest BCUT2D eigenvalue weighted by Crippen LogP contribution is 2.43. The van der Waals surface area contributed by atoms with Crippen LogP contribution in [0.15, 0.2) is 78.9 Å². The number of piperidine rings is 1. The standard InChI is InChI=1S/C28H28F2N2O2/c29-23-10-6-21(7-11-23)28(34,22-8-12-24(30)13-9-22)26-15-14-25-19-31(16-17-32(25)27(26)33)18-20-4-2-1-3-5-20/h1-13,25-26,34H,14-19H2/t25-,26+/m0/s1. The van der Waals surface area contributed by atoms with Gasteiger partial charge in [-0.1, -0.05) is 54.6 Å². The van der Waals surface area contributed by atoms with Crippen molar-refractivity contribution in [3.8, 4) is 0 Å². The van der Waals surface area contributed by atoms with Crippen LogP contribution in [-0.2, 0) is 16.9 Å². The summed E-state index contributed by atoms with van der Waals surface area (Å²) in [6.07, 6.45) is 1.25. The lowest BCUT2D eigenvalue weighted by Crippen LogP contribution is -2.61. The molecule has 0 bridgehead atoms. The summed E-state index contributed by atoms with van der Waals surface area (Å²) >= 11 is 0. The Morgan fingerprint density at radius 1 is 0.824 bits per heavy atom. The third-order valence-corrected chi connectivity index (χ3v) is 7.26. The predicted molar refractivity (Wildman–Crippen MR) is 126 cm³/mol. The van der Waals surface area contributed by atoms with Crippen LogP contribution in [-0.4, -0.2) is 46.5 Å². The van der Waals surface area contributed by atoms with Gasteiger partial charge in [-0.05, 0) is 53.8 Å². The van der Waals surface area contributed by atoms with E-state index in [9.17, 15) is 18.7 Å². The van der Waals surface area contributed by atoms with Gasteiger partial charge in [0.1, 0.15) is 17.2 Å². The maximum Gasteiger partial charge on any atom is 0.229 e. The highest BCUT2D eigenvalue weighted by atomic mass is 19.1. The summed E-state index contributed by atoms with van der Waals surface area (Å²) in [5, 5.41) is 12.1. The van der Waals surface area contributed by atoms with Crippen LogP contribution in [0.4, 0.5) is 8.78 Å². The third kappa shape index (κ3) is 4.24. The lowest BCUT2D eigenvalue weighted by molar-refractivity contribution is -0.155. The first kappa shape index (κ1) is 22.7. The van der Waals surface area contributed by atoms with Crippen molar-refractivity contribution in [1.29, 1.82) is 0 Å². The van der Waals surface area contributed by atoms with Gasteiger partial charge in [0.2, 0.25) is 5.91 Å². The number of fused-ring (bicyclic) bond motifs is 1. The monoisotopic (exact) mass is 462 g/mol. The SMILES string of the molecule is O=C1[C@H](C(O)(c2ccc(F)cc2)c2ccc(F)cc2)CC[C@H]2CN(Cc3ccccc3)CCN12. The van der Waals surface area contributed by atoms with Gasteiger partial charge < -0.3 is 10.0 Å². The quantitative estimate of drug-likeness (QED) is 0.614. The van der Waals surface area contributed by atoms with E-state index in [0.717, 1.165) is 26.1 Å². The molecule has 2 saturated heterocycles. The molecule has 0 radical (unpaired) electrons. The summed E-state index contributed by atoms with van der Waals surface area (Å²) in [5.74, 6) is -1.68. The van der Waals surface area contributed by atoms with Crippen molar-refractivity contribution in [2.45, 2.75) is 31.0 Å². The summed E-state index contributed by atoms with van der Waals surface area (Å²) < 4.78 is 27.3. The average Bonchev–Trinajstić information content (AvgIpc) is 2.85. The smallest absolute Gasteiger partial charge is 0.229 e. The Kier molecular flexibility index (Phi) is 6.19. The van der Waals surface area contributed by atoms with E-state index in [4.69, 9.17) is 0 Å². The number of rotatable bonds is 5. The van der Waals surface area contributed by atoms with E-state index in [1.165, 1.54) is 54.1 Å². The summed E-state index contributed by atoms with van der Waals surface area (Å²) in [7, 11) is 0. The summed E-state index contributed by atoms with van der Waals surface area (Å²) in [6, 6.07) is 21.5. The number of piperazine rings is 1. The molecule has 0 aliphatic carbocycles. The Hall–Kier alpha value is -3.09. The van der Waals surface area contributed by atoms with Gasteiger partial charge in [0, 0.05) is 32.2 Å². The van der Waals surface area contributed by atoms with Crippen molar-refractivity contribution < 1.29 is 18.7 Å². The van der Waals surface area contributed by atoms with E-state index in [2.05, 4.69) is 17.0 Å². The zero-order valence-corrected chi connectivity index (χ0v) is 18.9. The van der Waals surface area contributed by atoms with Crippen molar-refractivity contribution in [3.05, 3.63) is 107 Å². The normalized spacial score (nSPS) is 21.4. The van der Waals surface area contributed by atoms with Gasteiger partial charge in [0.25, 0.3) is 0 Å². The van der Waals surface area contributed by atoms with E-state index in [1.807, 2.05) is 23.1 Å². The molecule has 5 rings (SSSR count). The molecular weight excluding hydrogens is 434 g/mol. The molecule has 2 aliphatic rings. The zero-order valence-electron chi connectivity index (χ0n) is 18.9. The molecule has 0 aromatic heterocycles. The number of aliphatic hydroxyl groups is 1. The number of halogens is 2. The van der Waals surface area contributed by atoms with Crippen LogP contribution in [0.25, 0.3) is 0 Å². The van der Waals surface area contributed by atoms with Gasteiger partial charge in [-0.3, -0.25) is 9.69 Å². The van der Waals surface area contributed by atoms with Crippen LogP contribution < -0.4 is 0 Å². The van der Waals surface area contributed by atoms with Gasteiger partial charge >= 0.3 is 0 Å². The molecule has 1 amide bonds. The topological polar surface area (TPSA) is 43.8 Å². The largest absolute Gasteiger partial charge is 0.380 e. The molecule has 2 atom stereocenters. The minimum absolute atomic E-state index is 0.0897. The van der Waals surface area contributed by atoms with E-state index in [1.54, 1.807) is 0 Å². The van der Waals surface area contributed by atoms with Gasteiger partial charge in [-0.25, -0.2) is 8.78 Å². The summed E-state index contributed by atoms with van der Waals surface area (Å²) in [6.45, 7) is 2.99. The van der Waals surface area contributed by atoms with Gasteiger partial charge in [0.05, 0.1) is 5.92 Å². The van der Waals surface area contributed by atoms with Crippen molar-refractivity contribution in [2.75, 3.05) is 19.6 Å². The van der Waals surface area contributed by atoms with Crippen LogP contribution in [0.2, 0.25) is 0 Å². The van der Waals surface area contributed by atoms with Gasteiger partial charge in [-0.2, -0.15) is 0 Å². The maximum atomic E-state index is 13.8. The van der Waals surface area contributed by atoms with E-state index >= 15 is 0 Å². The second-order valence-corrected chi connectivity index (χ2v) is 9.32. The van der Waals surface area contributed by atoms with E-state index < -0.39 is 23.2 Å². The molecule has 1 N–H and O–H groups in total. The Labute approximate surface area is 198 Å². The van der Waals surface area contributed by atoms with Crippen molar-refractivity contribution in [2.24, 2.45) is 5.92 Å². The van der Waals surface area contributed by atoms with Crippen molar-refractivity contribution >= 4 is 5.91 Å². The van der Waals surface area contributed by atoms with Crippen LogP contribution in [0, 0.1) is 17.6 Å². The molecule has 3 aromatic rings. The average molecular weight is 463 g/mol. The van der Waals surface area contributed by atoms with Crippen molar-refractivity contribution in [3.63, 3.8) is 0 Å². The van der Waals surface area contributed by atoms with Gasteiger partial charge in [0.15, 0.2) is 0 Å². The number of carbonyl (C=O) groups is 1. The molecular formula is C28H28F2N2O2. The highest BCUT2D eigenvalue weighted by molar-refractivity contribution is 5.82.